The van der Waals surface area contributed by atoms with Crippen molar-refractivity contribution in [2.24, 2.45) is 0 Å². The van der Waals surface area contributed by atoms with Crippen molar-refractivity contribution in [2.45, 2.75) is 50.3 Å². The van der Waals surface area contributed by atoms with Crippen LogP contribution in [0.15, 0.2) is 53.4 Å². The van der Waals surface area contributed by atoms with E-state index in [2.05, 4.69) is 6.92 Å². The maximum atomic E-state index is 10.9. The summed E-state index contributed by atoms with van der Waals surface area (Å²) in [5, 5.41) is 0. The van der Waals surface area contributed by atoms with Crippen LogP contribution >= 0.6 is 0 Å². The fourth-order valence-electron chi connectivity index (χ4n) is 2.47. The van der Waals surface area contributed by atoms with Gasteiger partial charge in [-0.05, 0) is 54.8 Å². The predicted octanol–water partition coefficient (Wildman–Crippen LogP) is 1.90. The van der Waals surface area contributed by atoms with Gasteiger partial charge >= 0.3 is 29.6 Å². The standard InChI is InChI=1S/C19H24O4S.Na/c1-2-3-4-5-6-7-16-8-10-17(11-9-16)23-18-12-14-19(15-13-18)24(20,21)22;/h8-15H,2-7H2,1H3,(H,20,21,22);/q;+1/p-1. The summed E-state index contributed by atoms with van der Waals surface area (Å²) >= 11 is 0. The van der Waals surface area contributed by atoms with E-state index in [1.165, 1.54) is 61.9 Å². The van der Waals surface area contributed by atoms with Gasteiger partial charge in [0, 0.05) is 0 Å². The second kappa shape index (κ2) is 11.0. The first-order chi connectivity index (χ1) is 11.5. The van der Waals surface area contributed by atoms with Crippen molar-refractivity contribution in [1.82, 2.24) is 0 Å². The van der Waals surface area contributed by atoms with Crippen LogP contribution in [0.4, 0.5) is 0 Å². The molecule has 0 N–H and O–H groups in total. The van der Waals surface area contributed by atoms with Crippen molar-refractivity contribution in [3.8, 4) is 11.5 Å². The van der Waals surface area contributed by atoms with Crippen LogP contribution in [-0.2, 0) is 16.5 Å². The summed E-state index contributed by atoms with van der Waals surface area (Å²) in [6.07, 6.45) is 7.40. The van der Waals surface area contributed by atoms with Crippen LogP contribution in [0.5, 0.6) is 11.5 Å². The van der Waals surface area contributed by atoms with E-state index in [1.807, 2.05) is 24.3 Å². The number of aryl methyl sites for hydroxylation is 1. The summed E-state index contributed by atoms with van der Waals surface area (Å²) in [7, 11) is -4.42. The molecule has 0 aliphatic carbocycles. The number of rotatable bonds is 9. The zero-order valence-corrected chi connectivity index (χ0v) is 17.7. The summed E-state index contributed by atoms with van der Waals surface area (Å²) in [4.78, 5) is -0.256. The molecule has 0 fully saturated rings. The molecule has 0 aliphatic rings. The van der Waals surface area contributed by atoms with Gasteiger partial charge in [0.1, 0.15) is 21.6 Å². The topological polar surface area (TPSA) is 66.4 Å². The Balaban J connectivity index is 0.00000312. The van der Waals surface area contributed by atoms with E-state index in [0.717, 1.165) is 6.42 Å². The fourth-order valence-corrected chi connectivity index (χ4v) is 2.94. The molecule has 2 aromatic carbocycles. The molecule has 0 amide bonds. The van der Waals surface area contributed by atoms with Crippen molar-refractivity contribution in [1.29, 1.82) is 0 Å². The van der Waals surface area contributed by atoms with Crippen LogP contribution < -0.4 is 34.3 Å². The number of ether oxygens (including phenoxy) is 1. The van der Waals surface area contributed by atoms with Gasteiger partial charge in [-0.3, -0.25) is 0 Å². The minimum atomic E-state index is -4.42. The Morgan fingerprint density at radius 2 is 1.36 bits per heavy atom. The summed E-state index contributed by atoms with van der Waals surface area (Å²) in [5.74, 6) is 1.18. The molecule has 0 saturated heterocycles. The molecule has 0 saturated carbocycles. The monoisotopic (exact) mass is 370 g/mol. The van der Waals surface area contributed by atoms with Gasteiger partial charge in [-0.1, -0.05) is 44.7 Å². The molecule has 0 heterocycles. The van der Waals surface area contributed by atoms with Crippen molar-refractivity contribution < 1.29 is 47.3 Å². The molecule has 0 unspecified atom stereocenters. The molecule has 6 heteroatoms. The maximum Gasteiger partial charge on any atom is 1.00 e. The van der Waals surface area contributed by atoms with Gasteiger partial charge in [-0.25, -0.2) is 8.42 Å². The second-order valence-corrected chi connectivity index (χ2v) is 7.22. The predicted molar refractivity (Wildman–Crippen MR) is 93.4 cm³/mol. The van der Waals surface area contributed by atoms with Gasteiger partial charge < -0.3 is 9.29 Å². The van der Waals surface area contributed by atoms with Crippen LogP contribution in [0.25, 0.3) is 0 Å². The van der Waals surface area contributed by atoms with Crippen LogP contribution in [0, 0.1) is 0 Å². The Labute approximate surface area is 172 Å². The molecule has 0 spiro atoms. The minimum absolute atomic E-state index is 0. The van der Waals surface area contributed by atoms with Crippen LogP contribution in [0.3, 0.4) is 0 Å². The van der Waals surface area contributed by atoms with Crippen LogP contribution in [0.2, 0.25) is 0 Å². The number of hydrogen-bond acceptors (Lipinski definition) is 4. The summed E-state index contributed by atoms with van der Waals surface area (Å²) in [6.45, 7) is 2.21. The van der Waals surface area contributed by atoms with Gasteiger partial charge in [0.15, 0.2) is 0 Å². The van der Waals surface area contributed by atoms with Gasteiger partial charge in [0.05, 0.1) is 4.90 Å². The molecule has 0 atom stereocenters. The van der Waals surface area contributed by atoms with E-state index in [0.29, 0.717) is 11.5 Å². The largest absolute Gasteiger partial charge is 1.00 e. The summed E-state index contributed by atoms with van der Waals surface area (Å²) < 4.78 is 38.3. The maximum absolute atomic E-state index is 10.9. The average Bonchev–Trinajstić information content (AvgIpc) is 2.56. The molecule has 130 valence electrons. The molecular formula is C19H23NaO4S. The Morgan fingerprint density at radius 1 is 0.840 bits per heavy atom. The zero-order chi connectivity index (χ0) is 17.4. The van der Waals surface area contributed by atoms with E-state index < -0.39 is 10.1 Å². The molecule has 0 bridgehead atoms. The van der Waals surface area contributed by atoms with E-state index in [-0.39, 0.29) is 34.5 Å². The van der Waals surface area contributed by atoms with E-state index in [4.69, 9.17) is 4.74 Å². The molecule has 4 nitrogen and oxygen atoms in total. The molecule has 0 aliphatic heterocycles. The van der Waals surface area contributed by atoms with Crippen LogP contribution in [0.1, 0.15) is 44.6 Å². The first-order valence-electron chi connectivity index (χ1n) is 8.32. The molecule has 2 rings (SSSR count). The fraction of sp³-hybridized carbons (Fsp3) is 0.368. The van der Waals surface area contributed by atoms with Gasteiger partial charge in [-0.2, -0.15) is 0 Å². The number of unbranched alkanes of at least 4 members (excludes halogenated alkanes) is 4. The van der Waals surface area contributed by atoms with Crippen LogP contribution in [-0.4, -0.2) is 13.0 Å². The Hall–Kier alpha value is -0.850. The molecular weight excluding hydrogens is 347 g/mol. The third kappa shape index (κ3) is 7.92. The van der Waals surface area contributed by atoms with Crippen molar-refractivity contribution >= 4 is 10.1 Å². The Kier molecular flexibility index (Phi) is 9.75. The Bertz CT molecular complexity index is 725. The molecule has 0 aromatic heterocycles. The Morgan fingerprint density at radius 3 is 1.88 bits per heavy atom. The summed E-state index contributed by atoms with van der Waals surface area (Å²) in [5.41, 5.74) is 1.28. The number of hydrogen-bond donors (Lipinski definition) is 0. The second-order valence-electron chi connectivity index (χ2n) is 5.84. The van der Waals surface area contributed by atoms with Crippen molar-refractivity contribution in [2.75, 3.05) is 0 Å². The molecule has 2 aromatic rings. The van der Waals surface area contributed by atoms with E-state index in [9.17, 15) is 13.0 Å². The third-order valence-corrected chi connectivity index (χ3v) is 4.69. The van der Waals surface area contributed by atoms with Gasteiger partial charge in [-0.15, -0.1) is 0 Å². The van der Waals surface area contributed by atoms with Crippen molar-refractivity contribution in [3.63, 3.8) is 0 Å². The molecule has 0 radical (unpaired) electrons. The third-order valence-electron chi connectivity index (χ3n) is 3.84. The first-order valence-corrected chi connectivity index (χ1v) is 9.72. The minimum Gasteiger partial charge on any atom is -0.744 e. The quantitative estimate of drug-likeness (QED) is 0.384. The summed E-state index contributed by atoms with van der Waals surface area (Å²) in [6, 6.07) is 13.4. The SMILES string of the molecule is CCCCCCCc1ccc(Oc2ccc(S(=O)(=O)[O-])cc2)cc1.[Na+]. The van der Waals surface area contributed by atoms with Gasteiger partial charge in [0.25, 0.3) is 0 Å². The first kappa shape index (κ1) is 22.2. The smallest absolute Gasteiger partial charge is 0.744 e. The zero-order valence-electron chi connectivity index (χ0n) is 14.9. The van der Waals surface area contributed by atoms with E-state index in [1.54, 1.807) is 0 Å². The number of benzene rings is 2. The normalized spacial score (nSPS) is 11.0. The van der Waals surface area contributed by atoms with Gasteiger partial charge in [0.2, 0.25) is 0 Å². The van der Waals surface area contributed by atoms with Crippen molar-refractivity contribution in [3.05, 3.63) is 54.1 Å². The average molecular weight is 370 g/mol. The van der Waals surface area contributed by atoms with E-state index >= 15 is 0 Å². The molecule has 25 heavy (non-hydrogen) atoms.